The van der Waals surface area contributed by atoms with E-state index in [1.54, 1.807) is 12.1 Å². The standard InChI is InChI=1S/C23H22ClN5O2S2/c1-4-11-29-21(15(3)31-18-10-9-16(24)12-14(18)2)27-28-23(29)32-13-20(30)26-22-25-17-7-5-6-8-19(17)33-22/h4-10,12,15H,1,11,13H2,2-3H3,(H,25,26,30). The number of allylic oxidation sites excluding steroid dienone is 1. The Hall–Kier alpha value is -2.88. The van der Waals surface area contributed by atoms with E-state index in [0.717, 1.165) is 21.5 Å². The molecule has 0 saturated carbocycles. The van der Waals surface area contributed by atoms with E-state index >= 15 is 0 Å². The van der Waals surface area contributed by atoms with Crippen LogP contribution in [-0.2, 0) is 11.3 Å². The number of amides is 1. The fourth-order valence-electron chi connectivity index (χ4n) is 3.21. The van der Waals surface area contributed by atoms with Gasteiger partial charge in [-0.05, 0) is 49.7 Å². The molecule has 0 bridgehead atoms. The maximum absolute atomic E-state index is 12.5. The quantitative estimate of drug-likeness (QED) is 0.228. The van der Waals surface area contributed by atoms with Crippen molar-refractivity contribution in [1.29, 1.82) is 0 Å². The number of rotatable bonds is 9. The third-order valence-corrected chi connectivity index (χ3v) is 6.89. The van der Waals surface area contributed by atoms with Gasteiger partial charge in [0.15, 0.2) is 22.2 Å². The first-order chi connectivity index (χ1) is 15.9. The summed E-state index contributed by atoms with van der Waals surface area (Å²) in [6, 6.07) is 13.2. The lowest BCUT2D eigenvalue weighted by atomic mass is 10.2. The molecule has 0 spiro atoms. The Labute approximate surface area is 204 Å². The molecule has 2 aromatic heterocycles. The number of carbonyl (C=O) groups excluding carboxylic acids is 1. The lowest BCUT2D eigenvalue weighted by molar-refractivity contribution is -0.113. The van der Waals surface area contributed by atoms with Gasteiger partial charge in [-0.15, -0.1) is 16.8 Å². The van der Waals surface area contributed by atoms with Crippen LogP contribution in [0, 0.1) is 6.92 Å². The van der Waals surface area contributed by atoms with Gasteiger partial charge in [-0.25, -0.2) is 4.98 Å². The second-order valence-electron chi connectivity index (χ2n) is 7.23. The van der Waals surface area contributed by atoms with E-state index in [2.05, 4.69) is 27.1 Å². The Morgan fingerprint density at radius 3 is 2.91 bits per heavy atom. The molecule has 10 heteroatoms. The number of aromatic nitrogens is 4. The Kier molecular flexibility index (Phi) is 7.32. The molecular weight excluding hydrogens is 478 g/mol. The summed E-state index contributed by atoms with van der Waals surface area (Å²) in [5, 5.41) is 13.3. The maximum atomic E-state index is 12.5. The third-order valence-electron chi connectivity index (χ3n) is 4.73. The fraction of sp³-hybridized carbons (Fsp3) is 0.217. The zero-order valence-corrected chi connectivity index (χ0v) is 20.5. The number of hydrogen-bond donors (Lipinski definition) is 1. The van der Waals surface area contributed by atoms with Crippen LogP contribution in [-0.4, -0.2) is 31.4 Å². The van der Waals surface area contributed by atoms with Crippen LogP contribution < -0.4 is 10.1 Å². The van der Waals surface area contributed by atoms with Crippen LogP contribution in [0.4, 0.5) is 5.13 Å². The van der Waals surface area contributed by atoms with Gasteiger partial charge in [-0.3, -0.25) is 9.36 Å². The van der Waals surface area contributed by atoms with Crippen molar-refractivity contribution in [3.63, 3.8) is 0 Å². The largest absolute Gasteiger partial charge is 0.482 e. The van der Waals surface area contributed by atoms with Crippen LogP contribution in [0.3, 0.4) is 0 Å². The number of anilines is 1. The molecule has 1 amide bonds. The number of nitrogens with zero attached hydrogens (tertiary/aromatic N) is 4. The van der Waals surface area contributed by atoms with Crippen molar-refractivity contribution in [2.24, 2.45) is 0 Å². The Morgan fingerprint density at radius 1 is 1.33 bits per heavy atom. The summed E-state index contributed by atoms with van der Waals surface area (Å²) < 4.78 is 9.04. The SMILES string of the molecule is C=CCn1c(SCC(=O)Nc2nc3ccccc3s2)nnc1C(C)Oc1ccc(Cl)cc1C. The summed E-state index contributed by atoms with van der Waals surface area (Å²) in [7, 11) is 0. The molecule has 4 rings (SSSR count). The first kappa shape index (κ1) is 23.3. The van der Waals surface area contributed by atoms with E-state index in [4.69, 9.17) is 16.3 Å². The molecule has 0 aliphatic heterocycles. The monoisotopic (exact) mass is 499 g/mol. The number of para-hydroxylation sites is 1. The van der Waals surface area contributed by atoms with Gasteiger partial charge in [0.2, 0.25) is 5.91 Å². The number of thiazole rings is 1. The Morgan fingerprint density at radius 2 is 2.15 bits per heavy atom. The van der Waals surface area contributed by atoms with E-state index in [-0.39, 0.29) is 17.8 Å². The molecule has 4 aromatic rings. The lowest BCUT2D eigenvalue weighted by Gasteiger charge is -2.17. The molecule has 2 heterocycles. The van der Waals surface area contributed by atoms with Crippen molar-refractivity contribution in [2.45, 2.75) is 31.7 Å². The van der Waals surface area contributed by atoms with E-state index in [9.17, 15) is 4.79 Å². The van der Waals surface area contributed by atoms with Crippen molar-refractivity contribution in [3.8, 4) is 5.75 Å². The molecule has 0 radical (unpaired) electrons. The van der Waals surface area contributed by atoms with E-state index in [1.807, 2.05) is 54.8 Å². The summed E-state index contributed by atoms with van der Waals surface area (Å²) in [5.74, 6) is 1.40. The van der Waals surface area contributed by atoms with Crippen LogP contribution in [0.25, 0.3) is 10.2 Å². The summed E-state index contributed by atoms with van der Waals surface area (Å²) in [6.45, 7) is 8.17. The average Bonchev–Trinajstić information content (AvgIpc) is 3.38. The van der Waals surface area contributed by atoms with Gasteiger partial charge in [-0.1, -0.05) is 52.9 Å². The number of benzene rings is 2. The van der Waals surface area contributed by atoms with Gasteiger partial charge < -0.3 is 10.1 Å². The Bertz CT molecular complexity index is 1270. The molecule has 33 heavy (non-hydrogen) atoms. The van der Waals surface area contributed by atoms with Crippen LogP contribution >= 0.6 is 34.7 Å². The van der Waals surface area contributed by atoms with Crippen molar-refractivity contribution in [2.75, 3.05) is 11.1 Å². The predicted molar refractivity (Wildman–Crippen MR) is 134 cm³/mol. The molecule has 0 saturated heterocycles. The third kappa shape index (κ3) is 5.55. The summed E-state index contributed by atoms with van der Waals surface area (Å²) in [6.07, 6.45) is 1.40. The minimum absolute atomic E-state index is 0.158. The number of fused-ring (bicyclic) bond motifs is 1. The number of halogens is 1. The number of aryl methyl sites for hydroxylation is 1. The normalized spacial score (nSPS) is 12.0. The summed E-state index contributed by atoms with van der Waals surface area (Å²) >= 11 is 8.79. The molecule has 0 fully saturated rings. The fourth-order valence-corrected chi connectivity index (χ4v) is 5.07. The van der Waals surface area contributed by atoms with Gasteiger partial charge in [-0.2, -0.15) is 0 Å². The molecule has 7 nitrogen and oxygen atoms in total. The van der Waals surface area contributed by atoms with Crippen molar-refractivity contribution in [3.05, 3.63) is 71.5 Å². The highest BCUT2D eigenvalue weighted by Crippen LogP contribution is 2.29. The van der Waals surface area contributed by atoms with Crippen LogP contribution in [0.15, 0.2) is 60.3 Å². The smallest absolute Gasteiger partial charge is 0.236 e. The van der Waals surface area contributed by atoms with Crippen LogP contribution in [0.5, 0.6) is 5.75 Å². The number of carbonyl (C=O) groups is 1. The van der Waals surface area contributed by atoms with E-state index in [0.29, 0.717) is 27.7 Å². The molecule has 1 atom stereocenters. The molecular formula is C23H22ClN5O2S2. The first-order valence-electron chi connectivity index (χ1n) is 10.2. The van der Waals surface area contributed by atoms with Gasteiger partial charge >= 0.3 is 0 Å². The summed E-state index contributed by atoms with van der Waals surface area (Å²) in [4.78, 5) is 16.9. The molecule has 0 aliphatic carbocycles. The number of nitrogens with one attached hydrogen (secondary N) is 1. The highest BCUT2D eigenvalue weighted by Gasteiger charge is 2.20. The van der Waals surface area contributed by atoms with Crippen molar-refractivity contribution >= 4 is 56.0 Å². The molecule has 2 aromatic carbocycles. The maximum Gasteiger partial charge on any atom is 0.236 e. The second-order valence-corrected chi connectivity index (χ2v) is 9.64. The predicted octanol–water partition coefficient (Wildman–Crippen LogP) is 5.91. The molecule has 170 valence electrons. The lowest BCUT2D eigenvalue weighted by Crippen LogP contribution is -2.15. The second kappa shape index (κ2) is 10.4. The van der Waals surface area contributed by atoms with E-state index in [1.165, 1.54) is 23.1 Å². The summed E-state index contributed by atoms with van der Waals surface area (Å²) in [5.41, 5.74) is 1.80. The number of ether oxygens (including phenoxy) is 1. The first-order valence-corrected chi connectivity index (χ1v) is 12.4. The molecule has 0 aliphatic rings. The Balaban J connectivity index is 1.43. The van der Waals surface area contributed by atoms with Crippen molar-refractivity contribution < 1.29 is 9.53 Å². The van der Waals surface area contributed by atoms with Crippen LogP contribution in [0.2, 0.25) is 5.02 Å². The highest BCUT2D eigenvalue weighted by atomic mass is 35.5. The molecule has 1 unspecified atom stereocenters. The zero-order chi connectivity index (χ0) is 23.4. The van der Waals surface area contributed by atoms with Crippen molar-refractivity contribution in [1.82, 2.24) is 19.7 Å². The zero-order valence-electron chi connectivity index (χ0n) is 18.1. The van der Waals surface area contributed by atoms with E-state index < -0.39 is 0 Å². The topological polar surface area (TPSA) is 81.9 Å². The highest BCUT2D eigenvalue weighted by molar-refractivity contribution is 7.99. The minimum atomic E-state index is -0.358. The van der Waals surface area contributed by atoms with Crippen LogP contribution in [0.1, 0.15) is 24.4 Å². The average molecular weight is 500 g/mol. The number of hydrogen-bond acceptors (Lipinski definition) is 7. The number of thioether (sulfide) groups is 1. The van der Waals surface area contributed by atoms with Gasteiger partial charge in [0, 0.05) is 11.6 Å². The van der Waals surface area contributed by atoms with Gasteiger partial charge in [0.1, 0.15) is 5.75 Å². The van der Waals surface area contributed by atoms with Gasteiger partial charge in [0.25, 0.3) is 0 Å². The minimum Gasteiger partial charge on any atom is -0.482 e. The molecule has 1 N–H and O–H groups in total. The van der Waals surface area contributed by atoms with Gasteiger partial charge in [0.05, 0.1) is 16.0 Å².